The fourth-order valence-electron chi connectivity index (χ4n) is 3.31. The predicted octanol–water partition coefficient (Wildman–Crippen LogP) is 4.29. The van der Waals surface area contributed by atoms with E-state index in [4.69, 9.17) is 10.5 Å². The van der Waals surface area contributed by atoms with Gasteiger partial charge in [0.15, 0.2) is 0 Å². The summed E-state index contributed by atoms with van der Waals surface area (Å²) in [7, 11) is 0. The van der Waals surface area contributed by atoms with Crippen LogP contribution >= 0.6 is 0 Å². The van der Waals surface area contributed by atoms with E-state index >= 15 is 0 Å². The van der Waals surface area contributed by atoms with Crippen molar-refractivity contribution in [2.75, 3.05) is 17.7 Å². The Bertz CT molecular complexity index is 423. The zero-order valence-electron chi connectivity index (χ0n) is 13.0. The number of nitrogens with one attached hydrogen (secondary N) is 1. The van der Waals surface area contributed by atoms with Crippen molar-refractivity contribution in [3.8, 4) is 5.75 Å². The highest BCUT2D eigenvalue weighted by Gasteiger charge is 2.23. The summed E-state index contributed by atoms with van der Waals surface area (Å²) < 4.78 is 5.69. The molecule has 0 bridgehead atoms. The molecule has 112 valence electrons. The van der Waals surface area contributed by atoms with Gasteiger partial charge in [0, 0.05) is 29.5 Å². The smallest absolute Gasteiger partial charge is 0.123 e. The van der Waals surface area contributed by atoms with Crippen molar-refractivity contribution >= 4 is 11.4 Å². The van der Waals surface area contributed by atoms with Crippen LogP contribution in [-0.4, -0.2) is 12.6 Å². The molecule has 0 aromatic heterocycles. The van der Waals surface area contributed by atoms with Crippen LogP contribution < -0.4 is 15.8 Å². The second-order valence-corrected chi connectivity index (χ2v) is 6.40. The fourth-order valence-corrected chi connectivity index (χ4v) is 3.31. The van der Waals surface area contributed by atoms with Crippen molar-refractivity contribution in [1.29, 1.82) is 0 Å². The van der Waals surface area contributed by atoms with E-state index in [1.54, 1.807) is 0 Å². The molecule has 20 heavy (non-hydrogen) atoms. The summed E-state index contributed by atoms with van der Waals surface area (Å²) in [6, 6.07) is 6.51. The van der Waals surface area contributed by atoms with Gasteiger partial charge in [0.2, 0.25) is 0 Å². The SMILES string of the molecule is CCCOc1cc(N)cc(NC2CC(C)CC(C)C2)c1. The zero-order valence-corrected chi connectivity index (χ0v) is 13.0. The first-order valence-corrected chi connectivity index (χ1v) is 7.86. The van der Waals surface area contributed by atoms with Gasteiger partial charge in [-0.15, -0.1) is 0 Å². The van der Waals surface area contributed by atoms with E-state index in [-0.39, 0.29) is 0 Å². The van der Waals surface area contributed by atoms with Crippen LogP contribution in [0.25, 0.3) is 0 Å². The predicted molar refractivity (Wildman–Crippen MR) is 86.2 cm³/mol. The van der Waals surface area contributed by atoms with Gasteiger partial charge in [-0.05, 0) is 43.6 Å². The second-order valence-electron chi connectivity index (χ2n) is 6.40. The molecular formula is C17H28N2O. The third-order valence-electron chi connectivity index (χ3n) is 3.95. The maximum absolute atomic E-state index is 5.97. The van der Waals surface area contributed by atoms with Crippen LogP contribution in [0.4, 0.5) is 11.4 Å². The minimum absolute atomic E-state index is 0.551. The van der Waals surface area contributed by atoms with Gasteiger partial charge in [-0.3, -0.25) is 0 Å². The van der Waals surface area contributed by atoms with Crippen LogP contribution in [0.2, 0.25) is 0 Å². The van der Waals surface area contributed by atoms with E-state index in [1.807, 2.05) is 12.1 Å². The third kappa shape index (κ3) is 4.32. The standard InChI is InChI=1S/C17H28N2O/c1-4-5-20-17-10-14(18)9-16(11-17)19-15-7-12(2)6-13(3)8-15/h9-13,15,19H,4-8,18H2,1-3H3. The summed E-state index contributed by atoms with van der Waals surface area (Å²) >= 11 is 0. The molecule has 0 heterocycles. The first-order chi connectivity index (χ1) is 9.56. The molecule has 0 aliphatic heterocycles. The summed E-state index contributed by atoms with van der Waals surface area (Å²) in [6.45, 7) is 7.54. The topological polar surface area (TPSA) is 47.3 Å². The van der Waals surface area contributed by atoms with Gasteiger partial charge >= 0.3 is 0 Å². The van der Waals surface area contributed by atoms with Gasteiger partial charge < -0.3 is 15.8 Å². The lowest BCUT2D eigenvalue weighted by Crippen LogP contribution is -2.30. The highest BCUT2D eigenvalue weighted by atomic mass is 16.5. The minimum atomic E-state index is 0.551. The number of hydrogen-bond acceptors (Lipinski definition) is 3. The van der Waals surface area contributed by atoms with Crippen LogP contribution in [0.1, 0.15) is 46.5 Å². The van der Waals surface area contributed by atoms with Crippen molar-refractivity contribution in [3.05, 3.63) is 18.2 Å². The Morgan fingerprint density at radius 1 is 1.15 bits per heavy atom. The second kappa shape index (κ2) is 6.87. The molecule has 1 fully saturated rings. The Hall–Kier alpha value is -1.38. The maximum atomic E-state index is 5.97. The Balaban J connectivity index is 2.02. The van der Waals surface area contributed by atoms with E-state index in [2.05, 4.69) is 32.2 Å². The summed E-state index contributed by atoms with van der Waals surface area (Å²) in [5.74, 6) is 2.47. The molecule has 3 nitrogen and oxygen atoms in total. The highest BCUT2D eigenvalue weighted by Crippen LogP contribution is 2.31. The molecule has 1 aromatic rings. The van der Waals surface area contributed by atoms with Crippen LogP contribution in [0.3, 0.4) is 0 Å². The van der Waals surface area contributed by atoms with Gasteiger partial charge in [0.05, 0.1) is 6.61 Å². The van der Waals surface area contributed by atoms with E-state index in [0.717, 1.165) is 42.0 Å². The summed E-state index contributed by atoms with van der Waals surface area (Å²) in [5, 5.41) is 3.64. The monoisotopic (exact) mass is 276 g/mol. The fraction of sp³-hybridized carbons (Fsp3) is 0.647. The molecule has 1 saturated carbocycles. The van der Waals surface area contributed by atoms with Crippen LogP contribution in [0.5, 0.6) is 5.75 Å². The molecule has 2 unspecified atom stereocenters. The molecule has 1 aromatic carbocycles. The first kappa shape index (κ1) is 15.0. The van der Waals surface area contributed by atoms with E-state index in [9.17, 15) is 0 Å². The molecule has 0 amide bonds. The molecule has 0 radical (unpaired) electrons. The molecular weight excluding hydrogens is 248 g/mol. The molecule has 1 aliphatic rings. The number of nitrogens with two attached hydrogens (primary N) is 1. The molecule has 3 heteroatoms. The van der Waals surface area contributed by atoms with Crippen molar-refractivity contribution in [2.24, 2.45) is 11.8 Å². The molecule has 0 saturated heterocycles. The highest BCUT2D eigenvalue weighted by molar-refractivity contribution is 5.59. The molecule has 2 rings (SSSR count). The van der Waals surface area contributed by atoms with Crippen molar-refractivity contribution < 1.29 is 4.74 Å². The van der Waals surface area contributed by atoms with Crippen LogP contribution in [-0.2, 0) is 0 Å². The quantitative estimate of drug-likeness (QED) is 0.788. The van der Waals surface area contributed by atoms with Crippen molar-refractivity contribution in [1.82, 2.24) is 0 Å². The lowest BCUT2D eigenvalue weighted by molar-refractivity contribution is 0.280. The minimum Gasteiger partial charge on any atom is -0.493 e. The maximum Gasteiger partial charge on any atom is 0.123 e. The van der Waals surface area contributed by atoms with E-state index in [0.29, 0.717) is 6.04 Å². The molecule has 1 aliphatic carbocycles. The average molecular weight is 276 g/mol. The average Bonchev–Trinajstić information content (AvgIpc) is 2.34. The van der Waals surface area contributed by atoms with Crippen molar-refractivity contribution in [3.63, 3.8) is 0 Å². The van der Waals surface area contributed by atoms with Crippen molar-refractivity contribution in [2.45, 2.75) is 52.5 Å². The normalized spacial score (nSPS) is 26.2. The number of nitrogen functional groups attached to an aromatic ring is 1. The number of hydrogen-bond donors (Lipinski definition) is 2. The van der Waals surface area contributed by atoms with Gasteiger partial charge in [0.1, 0.15) is 5.75 Å². The third-order valence-corrected chi connectivity index (χ3v) is 3.95. The lowest BCUT2D eigenvalue weighted by Gasteiger charge is -2.32. The summed E-state index contributed by atoms with van der Waals surface area (Å²) in [5.41, 5.74) is 7.82. The van der Waals surface area contributed by atoms with Gasteiger partial charge in [-0.1, -0.05) is 20.8 Å². The van der Waals surface area contributed by atoms with Crippen LogP contribution in [0.15, 0.2) is 18.2 Å². The Morgan fingerprint density at radius 2 is 1.85 bits per heavy atom. The van der Waals surface area contributed by atoms with E-state index < -0.39 is 0 Å². The number of rotatable bonds is 5. The summed E-state index contributed by atoms with van der Waals surface area (Å²) in [4.78, 5) is 0. The Labute approximate surface area is 122 Å². The Kier molecular flexibility index (Phi) is 5.16. The number of ether oxygens (including phenoxy) is 1. The molecule has 3 N–H and O–H groups in total. The molecule has 0 spiro atoms. The summed E-state index contributed by atoms with van der Waals surface area (Å²) in [6.07, 6.45) is 4.84. The van der Waals surface area contributed by atoms with E-state index in [1.165, 1.54) is 19.3 Å². The Morgan fingerprint density at radius 3 is 2.50 bits per heavy atom. The largest absolute Gasteiger partial charge is 0.493 e. The lowest BCUT2D eigenvalue weighted by atomic mass is 9.80. The number of anilines is 2. The van der Waals surface area contributed by atoms with Gasteiger partial charge in [-0.2, -0.15) is 0 Å². The van der Waals surface area contributed by atoms with Gasteiger partial charge in [0.25, 0.3) is 0 Å². The van der Waals surface area contributed by atoms with Gasteiger partial charge in [-0.25, -0.2) is 0 Å². The zero-order chi connectivity index (χ0) is 14.5. The van der Waals surface area contributed by atoms with Crippen LogP contribution in [0, 0.1) is 11.8 Å². The molecule has 2 atom stereocenters. The number of benzene rings is 1. The first-order valence-electron chi connectivity index (χ1n) is 7.86.